The summed E-state index contributed by atoms with van der Waals surface area (Å²) in [4.78, 5) is 52.0. The number of nitrogens with zero attached hydrogens (tertiary/aromatic N) is 5. The molecule has 2 fully saturated rings. The Hall–Kier alpha value is -5.63. The number of imide groups is 1. The SMILES string of the molecule is O=C1[C@H]2CC(=O)N(c3c(F)cc(C#Cc4ccccc4)cc3F)C(=O)N(CCN1c1cnc(OCc3ccccc3)cn1)C2. The molecule has 4 aromatic rings. The van der Waals surface area contributed by atoms with Gasteiger partial charge in [0.2, 0.25) is 17.7 Å². The van der Waals surface area contributed by atoms with E-state index in [1.165, 1.54) is 22.2 Å². The second-order valence-electron chi connectivity index (χ2n) is 10.2. The maximum Gasteiger partial charge on any atom is 0.331 e. The molecule has 3 heterocycles. The predicted octanol–water partition coefficient (Wildman–Crippen LogP) is 4.56. The zero-order valence-electron chi connectivity index (χ0n) is 23.3. The van der Waals surface area contributed by atoms with Crippen LogP contribution in [0.15, 0.2) is 85.2 Å². The molecule has 3 aromatic carbocycles. The fraction of sp³-hybridized carbons (Fsp3) is 0.182. The number of halogens is 2. The summed E-state index contributed by atoms with van der Waals surface area (Å²) in [5, 5.41) is 0. The van der Waals surface area contributed by atoms with Crippen LogP contribution in [0.2, 0.25) is 0 Å². The van der Waals surface area contributed by atoms with E-state index >= 15 is 8.78 Å². The fourth-order valence-corrected chi connectivity index (χ4v) is 5.08. The van der Waals surface area contributed by atoms with Gasteiger partial charge in [0.05, 0.1) is 18.3 Å². The van der Waals surface area contributed by atoms with Crippen LogP contribution in [-0.4, -0.2) is 52.3 Å². The number of anilines is 2. The Morgan fingerprint density at radius 1 is 0.841 bits per heavy atom. The van der Waals surface area contributed by atoms with Crippen molar-refractivity contribution in [1.29, 1.82) is 0 Å². The average Bonchev–Trinajstić information content (AvgIpc) is 3.27. The summed E-state index contributed by atoms with van der Waals surface area (Å²) < 4.78 is 36.3. The molecule has 2 bridgehead atoms. The number of benzene rings is 3. The van der Waals surface area contributed by atoms with Crippen molar-refractivity contribution in [3.05, 3.63) is 114 Å². The van der Waals surface area contributed by atoms with Gasteiger partial charge in [-0.2, -0.15) is 0 Å². The molecule has 0 N–H and O–H groups in total. The van der Waals surface area contributed by atoms with Crippen molar-refractivity contribution < 1.29 is 27.9 Å². The Morgan fingerprint density at radius 2 is 1.52 bits per heavy atom. The molecule has 2 aliphatic rings. The normalized spacial score (nSPS) is 16.6. The van der Waals surface area contributed by atoms with Gasteiger partial charge in [0.1, 0.15) is 12.3 Å². The molecule has 0 spiro atoms. The molecule has 2 saturated heterocycles. The lowest BCUT2D eigenvalue weighted by Crippen LogP contribution is -2.47. The Morgan fingerprint density at radius 3 is 2.20 bits per heavy atom. The molecule has 2 aliphatic heterocycles. The third-order valence-corrected chi connectivity index (χ3v) is 7.27. The van der Waals surface area contributed by atoms with E-state index < -0.39 is 47.5 Å². The molecule has 9 nitrogen and oxygen atoms in total. The number of rotatable bonds is 5. The number of carbonyl (C=O) groups excluding carboxylic acids is 3. The number of amides is 4. The molecule has 0 aliphatic carbocycles. The molecule has 0 radical (unpaired) electrons. The summed E-state index contributed by atoms with van der Waals surface area (Å²) in [6.45, 7) is 0.246. The minimum atomic E-state index is -1.11. The first-order valence-electron chi connectivity index (χ1n) is 13.9. The maximum atomic E-state index is 15.3. The van der Waals surface area contributed by atoms with Crippen LogP contribution < -0.4 is 14.5 Å². The Labute approximate surface area is 251 Å². The van der Waals surface area contributed by atoms with Crippen molar-refractivity contribution in [3.8, 4) is 17.7 Å². The van der Waals surface area contributed by atoms with Gasteiger partial charge in [-0.05, 0) is 29.8 Å². The molecule has 1 aromatic heterocycles. The number of carbonyl (C=O) groups is 3. The van der Waals surface area contributed by atoms with Crippen LogP contribution >= 0.6 is 0 Å². The third kappa shape index (κ3) is 5.96. The number of urea groups is 1. The van der Waals surface area contributed by atoms with Crippen LogP contribution in [0, 0.1) is 29.4 Å². The zero-order chi connectivity index (χ0) is 30.6. The van der Waals surface area contributed by atoms with Crippen molar-refractivity contribution >= 4 is 29.4 Å². The summed E-state index contributed by atoms with van der Waals surface area (Å²) >= 11 is 0. The van der Waals surface area contributed by atoms with E-state index in [1.54, 1.807) is 24.3 Å². The zero-order valence-corrected chi connectivity index (χ0v) is 23.3. The van der Waals surface area contributed by atoms with Gasteiger partial charge in [-0.3, -0.25) is 14.5 Å². The maximum absolute atomic E-state index is 15.3. The van der Waals surface area contributed by atoms with Crippen molar-refractivity contribution in [1.82, 2.24) is 14.9 Å². The van der Waals surface area contributed by atoms with Gasteiger partial charge in [-0.15, -0.1) is 0 Å². The highest BCUT2D eigenvalue weighted by molar-refractivity contribution is 6.16. The van der Waals surface area contributed by atoms with Crippen LogP contribution in [-0.2, 0) is 16.2 Å². The quantitative estimate of drug-likeness (QED) is 0.315. The fourth-order valence-electron chi connectivity index (χ4n) is 5.08. The molecule has 44 heavy (non-hydrogen) atoms. The van der Waals surface area contributed by atoms with Gasteiger partial charge in [-0.1, -0.05) is 60.4 Å². The van der Waals surface area contributed by atoms with Crippen LogP contribution in [0.25, 0.3) is 0 Å². The van der Waals surface area contributed by atoms with Crippen molar-refractivity contribution in [2.45, 2.75) is 13.0 Å². The highest BCUT2D eigenvalue weighted by Crippen LogP contribution is 2.31. The number of ether oxygens (including phenoxy) is 1. The molecular formula is C33H25F2N5O4. The Balaban J connectivity index is 1.19. The van der Waals surface area contributed by atoms with Gasteiger partial charge < -0.3 is 9.64 Å². The largest absolute Gasteiger partial charge is 0.472 e. The summed E-state index contributed by atoms with van der Waals surface area (Å²) in [7, 11) is 0. The standard InChI is InChI=1S/C33H25F2N5O4/c34-26-15-24(12-11-22-7-3-1-4-8-22)16-27(35)31(26)40-30(41)17-25-20-38(33(40)43)13-14-39(32(25)42)28-18-37-29(19-36-28)44-21-23-9-5-2-6-10-23/h1-10,15-16,18-19,25H,13-14,17,20-21H2/t25-/m0/s1. The van der Waals surface area contributed by atoms with E-state index in [9.17, 15) is 14.4 Å². The number of hydrogen-bond acceptors (Lipinski definition) is 6. The minimum absolute atomic E-state index is 0.00264. The monoisotopic (exact) mass is 593 g/mol. The van der Waals surface area contributed by atoms with Gasteiger partial charge in [0.15, 0.2) is 17.5 Å². The van der Waals surface area contributed by atoms with E-state index in [2.05, 4.69) is 21.8 Å². The molecule has 6 rings (SSSR count). The second-order valence-corrected chi connectivity index (χ2v) is 10.2. The lowest BCUT2D eigenvalue weighted by atomic mass is 10.0. The van der Waals surface area contributed by atoms with Gasteiger partial charge in [0.25, 0.3) is 0 Å². The molecule has 0 saturated carbocycles. The topological polar surface area (TPSA) is 95.9 Å². The molecule has 4 amide bonds. The lowest BCUT2D eigenvalue weighted by Gasteiger charge is -2.27. The third-order valence-electron chi connectivity index (χ3n) is 7.27. The smallest absolute Gasteiger partial charge is 0.331 e. The Bertz CT molecular complexity index is 1750. The molecular weight excluding hydrogens is 568 g/mol. The summed E-state index contributed by atoms with van der Waals surface area (Å²) in [6.07, 6.45) is 2.35. The Kier molecular flexibility index (Phi) is 7.97. The van der Waals surface area contributed by atoms with E-state index in [4.69, 9.17) is 4.74 Å². The molecule has 11 heteroatoms. The first-order valence-corrected chi connectivity index (χ1v) is 13.9. The number of hydrogen-bond donors (Lipinski definition) is 0. The summed E-state index contributed by atoms with van der Waals surface area (Å²) in [5.41, 5.74) is 0.858. The molecule has 0 unspecified atom stereocenters. The van der Waals surface area contributed by atoms with E-state index in [-0.39, 0.29) is 36.9 Å². The first kappa shape index (κ1) is 28.5. The highest BCUT2D eigenvalue weighted by Gasteiger charge is 2.43. The van der Waals surface area contributed by atoms with Crippen molar-refractivity contribution in [2.24, 2.45) is 5.92 Å². The van der Waals surface area contributed by atoms with Crippen LogP contribution in [0.1, 0.15) is 23.1 Å². The van der Waals surface area contributed by atoms with Crippen molar-refractivity contribution in [3.63, 3.8) is 0 Å². The van der Waals surface area contributed by atoms with Gasteiger partial charge in [-0.25, -0.2) is 28.4 Å². The highest BCUT2D eigenvalue weighted by atomic mass is 19.1. The van der Waals surface area contributed by atoms with Crippen LogP contribution in [0.5, 0.6) is 5.88 Å². The average molecular weight is 594 g/mol. The van der Waals surface area contributed by atoms with E-state index in [0.717, 1.165) is 17.7 Å². The van der Waals surface area contributed by atoms with Gasteiger partial charge >= 0.3 is 6.03 Å². The van der Waals surface area contributed by atoms with Crippen LogP contribution in [0.4, 0.5) is 25.1 Å². The molecule has 1 atom stereocenters. The van der Waals surface area contributed by atoms with Gasteiger partial charge in [0, 0.05) is 37.2 Å². The summed E-state index contributed by atoms with van der Waals surface area (Å²) in [6, 6.07) is 19.5. The van der Waals surface area contributed by atoms with Crippen LogP contribution in [0.3, 0.4) is 0 Å². The minimum Gasteiger partial charge on any atom is -0.472 e. The number of aromatic nitrogens is 2. The first-order chi connectivity index (χ1) is 21.4. The second kappa shape index (κ2) is 12.3. The lowest BCUT2D eigenvalue weighted by molar-refractivity contribution is -0.126. The van der Waals surface area contributed by atoms with E-state index in [1.807, 2.05) is 36.4 Å². The number of fused-ring (bicyclic) bond motifs is 2. The molecule has 220 valence electrons. The van der Waals surface area contributed by atoms with Crippen molar-refractivity contribution in [2.75, 3.05) is 29.4 Å². The van der Waals surface area contributed by atoms with E-state index in [0.29, 0.717) is 17.1 Å². The predicted molar refractivity (Wildman–Crippen MR) is 157 cm³/mol. The summed E-state index contributed by atoms with van der Waals surface area (Å²) in [5.74, 6) is 1.50.